The van der Waals surface area contributed by atoms with Crippen LogP contribution in [0.1, 0.15) is 252 Å². The molecule has 0 aromatic rings. The quantitative estimate of drug-likeness (QED) is 0.0377. The normalized spacial score (nSPS) is 12.3. The molecule has 1 unspecified atom stereocenters. The molecule has 274 valence electrons. The van der Waals surface area contributed by atoms with Crippen LogP contribution in [0.4, 0.5) is 0 Å². The average molecular weight is 647 g/mol. The molecular weight excluding hydrogens is 560 g/mol. The first kappa shape index (κ1) is 45.2. The summed E-state index contributed by atoms with van der Waals surface area (Å²) < 4.78 is 5.47. The second-order valence-electron chi connectivity index (χ2n) is 14.9. The zero-order valence-electron chi connectivity index (χ0n) is 32.2. The highest BCUT2D eigenvalue weighted by atomic mass is 16.5. The first-order valence-corrected chi connectivity index (χ1v) is 21.5. The van der Waals surface area contributed by atoms with E-state index in [-0.39, 0.29) is 5.97 Å². The van der Waals surface area contributed by atoms with Gasteiger partial charge in [-0.3, -0.25) is 4.79 Å². The van der Waals surface area contributed by atoms with Crippen molar-refractivity contribution in [3.8, 4) is 0 Å². The summed E-state index contributed by atoms with van der Waals surface area (Å²) in [5.74, 6) is 0.790. The van der Waals surface area contributed by atoms with Gasteiger partial charge < -0.3 is 4.74 Å². The Labute approximate surface area is 291 Å². The Morgan fingerprint density at radius 2 is 0.804 bits per heavy atom. The Morgan fingerprint density at radius 3 is 1.24 bits per heavy atom. The van der Waals surface area contributed by atoms with Gasteiger partial charge >= 0.3 is 5.97 Å². The van der Waals surface area contributed by atoms with Gasteiger partial charge in [0.2, 0.25) is 0 Å². The van der Waals surface area contributed by atoms with Crippen molar-refractivity contribution in [2.24, 2.45) is 5.92 Å². The molecule has 0 saturated carbocycles. The molecule has 0 spiro atoms. The van der Waals surface area contributed by atoms with Crippen molar-refractivity contribution in [2.45, 2.75) is 252 Å². The average Bonchev–Trinajstić information content (AvgIpc) is 3.05. The Hall–Kier alpha value is -0.790. The van der Waals surface area contributed by atoms with E-state index in [1.807, 2.05) is 0 Å². The van der Waals surface area contributed by atoms with Gasteiger partial charge in [0.1, 0.15) is 0 Å². The van der Waals surface area contributed by atoms with Crippen LogP contribution in [0, 0.1) is 5.92 Å². The van der Waals surface area contributed by atoms with Gasteiger partial charge in [0, 0.05) is 6.42 Å². The maximum absolute atomic E-state index is 12.0. The summed E-state index contributed by atoms with van der Waals surface area (Å²) in [4.78, 5) is 12.0. The summed E-state index contributed by atoms with van der Waals surface area (Å²) in [5.41, 5.74) is 0. The molecule has 0 fully saturated rings. The molecule has 0 aliphatic carbocycles. The van der Waals surface area contributed by atoms with E-state index in [1.54, 1.807) is 0 Å². The third-order valence-corrected chi connectivity index (χ3v) is 9.99. The maximum Gasteiger partial charge on any atom is 0.305 e. The Bertz CT molecular complexity index is 597. The van der Waals surface area contributed by atoms with Crippen molar-refractivity contribution >= 4 is 5.97 Å². The topological polar surface area (TPSA) is 26.3 Å². The first-order valence-electron chi connectivity index (χ1n) is 21.5. The third kappa shape index (κ3) is 39.4. The van der Waals surface area contributed by atoms with Gasteiger partial charge in [-0.2, -0.15) is 0 Å². The molecular formula is C44H86O2. The Kier molecular flexibility index (Phi) is 39.7. The number of carbonyl (C=O) groups excluding carboxylic acids is 1. The fourth-order valence-electron chi connectivity index (χ4n) is 6.70. The largest absolute Gasteiger partial charge is 0.466 e. The van der Waals surface area contributed by atoms with Gasteiger partial charge in [-0.15, -0.1) is 0 Å². The second kappa shape index (κ2) is 40.4. The van der Waals surface area contributed by atoms with E-state index >= 15 is 0 Å². The first-order chi connectivity index (χ1) is 22.7. The van der Waals surface area contributed by atoms with Crippen molar-refractivity contribution < 1.29 is 9.53 Å². The molecule has 0 heterocycles. The highest BCUT2D eigenvalue weighted by molar-refractivity contribution is 5.69. The summed E-state index contributed by atoms with van der Waals surface area (Å²) in [6.07, 6.45) is 53.1. The van der Waals surface area contributed by atoms with Crippen molar-refractivity contribution in [2.75, 3.05) is 6.61 Å². The van der Waals surface area contributed by atoms with Crippen LogP contribution in [-0.4, -0.2) is 12.6 Å². The van der Waals surface area contributed by atoms with Crippen LogP contribution in [0.2, 0.25) is 0 Å². The molecule has 0 aliphatic rings. The van der Waals surface area contributed by atoms with Gasteiger partial charge in [0.15, 0.2) is 0 Å². The number of carbonyl (C=O) groups is 1. The molecule has 1 atom stereocenters. The minimum atomic E-state index is 0.0271. The van der Waals surface area contributed by atoms with Gasteiger partial charge in [0.05, 0.1) is 6.61 Å². The molecule has 46 heavy (non-hydrogen) atoms. The standard InChI is InChI=1S/C44H86O2/c1-4-6-8-10-11-12-13-14-15-16-17-21-24-27-30-34-38-42-46-44(45)41-37-33-29-26-23-20-18-19-22-25-28-32-36-40-43(3)39-35-31-9-7-5-2/h36,40,43H,4-35,37-39,41-42H2,1-3H3. The van der Waals surface area contributed by atoms with Crippen molar-refractivity contribution in [1.29, 1.82) is 0 Å². The number of hydrogen-bond acceptors (Lipinski definition) is 2. The fraction of sp³-hybridized carbons (Fsp3) is 0.932. The number of hydrogen-bond donors (Lipinski definition) is 0. The molecule has 2 nitrogen and oxygen atoms in total. The maximum atomic E-state index is 12.0. The summed E-state index contributed by atoms with van der Waals surface area (Å²) in [5, 5.41) is 0. The van der Waals surface area contributed by atoms with E-state index in [2.05, 4.69) is 32.9 Å². The fourth-order valence-corrected chi connectivity index (χ4v) is 6.70. The summed E-state index contributed by atoms with van der Waals surface area (Å²) >= 11 is 0. The molecule has 0 rings (SSSR count). The Balaban J connectivity index is 3.22. The van der Waals surface area contributed by atoms with Crippen molar-refractivity contribution in [3.05, 3.63) is 12.2 Å². The minimum absolute atomic E-state index is 0.0271. The van der Waals surface area contributed by atoms with Gasteiger partial charge in [-0.1, -0.05) is 226 Å². The van der Waals surface area contributed by atoms with E-state index < -0.39 is 0 Å². The van der Waals surface area contributed by atoms with Crippen LogP contribution in [0.15, 0.2) is 12.2 Å². The lowest BCUT2D eigenvalue weighted by Crippen LogP contribution is -2.05. The number of unbranched alkanes of at least 4 members (excludes halogenated alkanes) is 31. The predicted molar refractivity (Wildman–Crippen MR) is 207 cm³/mol. The molecule has 0 N–H and O–H groups in total. The van der Waals surface area contributed by atoms with Crippen LogP contribution < -0.4 is 0 Å². The molecule has 0 aromatic carbocycles. The second-order valence-corrected chi connectivity index (χ2v) is 14.9. The monoisotopic (exact) mass is 647 g/mol. The highest BCUT2D eigenvalue weighted by Gasteiger charge is 2.03. The number of esters is 1. The predicted octanol–water partition coefficient (Wildman–Crippen LogP) is 15.8. The smallest absolute Gasteiger partial charge is 0.305 e. The lowest BCUT2D eigenvalue weighted by atomic mass is 10.0. The summed E-state index contributed by atoms with van der Waals surface area (Å²) in [6, 6.07) is 0. The van der Waals surface area contributed by atoms with Crippen LogP contribution in [0.3, 0.4) is 0 Å². The number of rotatable bonds is 39. The van der Waals surface area contributed by atoms with E-state index in [4.69, 9.17) is 4.74 Å². The molecule has 0 saturated heterocycles. The van der Waals surface area contributed by atoms with Crippen molar-refractivity contribution in [3.63, 3.8) is 0 Å². The zero-order chi connectivity index (χ0) is 33.4. The zero-order valence-corrected chi connectivity index (χ0v) is 32.2. The van der Waals surface area contributed by atoms with Gasteiger partial charge in [0.25, 0.3) is 0 Å². The molecule has 0 amide bonds. The van der Waals surface area contributed by atoms with Crippen molar-refractivity contribution in [1.82, 2.24) is 0 Å². The molecule has 0 bridgehead atoms. The lowest BCUT2D eigenvalue weighted by molar-refractivity contribution is -0.143. The van der Waals surface area contributed by atoms with E-state index in [0.717, 1.165) is 18.8 Å². The number of allylic oxidation sites excluding steroid dienone is 2. The van der Waals surface area contributed by atoms with Crippen LogP contribution in [-0.2, 0) is 9.53 Å². The Morgan fingerprint density at radius 1 is 0.457 bits per heavy atom. The highest BCUT2D eigenvalue weighted by Crippen LogP contribution is 2.16. The molecule has 0 aliphatic heterocycles. The van der Waals surface area contributed by atoms with Crippen LogP contribution in [0.25, 0.3) is 0 Å². The summed E-state index contributed by atoms with van der Waals surface area (Å²) in [7, 11) is 0. The van der Waals surface area contributed by atoms with E-state index in [0.29, 0.717) is 13.0 Å². The summed E-state index contributed by atoms with van der Waals surface area (Å²) in [6.45, 7) is 7.60. The van der Waals surface area contributed by atoms with Gasteiger partial charge in [-0.05, 0) is 38.0 Å². The lowest BCUT2D eigenvalue weighted by Gasteiger charge is -2.06. The SMILES string of the molecule is CCCCCCCCCCCCCCCCCCCOC(=O)CCCCCCCCCCCCCC=CC(C)CCCCCCC. The van der Waals surface area contributed by atoms with Crippen LogP contribution >= 0.6 is 0 Å². The molecule has 2 heteroatoms. The van der Waals surface area contributed by atoms with Gasteiger partial charge in [-0.25, -0.2) is 0 Å². The number of ether oxygens (including phenoxy) is 1. The van der Waals surface area contributed by atoms with E-state index in [9.17, 15) is 4.79 Å². The minimum Gasteiger partial charge on any atom is -0.466 e. The van der Waals surface area contributed by atoms with Crippen LogP contribution in [0.5, 0.6) is 0 Å². The van der Waals surface area contributed by atoms with E-state index in [1.165, 1.54) is 212 Å². The molecule has 0 radical (unpaired) electrons. The third-order valence-electron chi connectivity index (χ3n) is 9.99. The molecule has 0 aromatic heterocycles.